The van der Waals surface area contributed by atoms with E-state index in [0.717, 1.165) is 12.5 Å². The summed E-state index contributed by atoms with van der Waals surface area (Å²) in [7, 11) is 0. The van der Waals surface area contributed by atoms with Crippen LogP contribution in [0.5, 0.6) is 0 Å². The van der Waals surface area contributed by atoms with E-state index in [2.05, 4.69) is 35.9 Å². The minimum absolute atomic E-state index is 0.880. The molecule has 2 nitrogen and oxygen atoms in total. The van der Waals surface area contributed by atoms with E-state index in [-0.39, 0.29) is 0 Å². The maximum absolute atomic E-state index is 4.38. The topological polar surface area (TPSA) is 16.1 Å². The smallest absolute Gasteiger partial charge is 0.0544 e. The monoisotopic (exact) mass is 176 g/mol. The Morgan fingerprint density at radius 1 is 1.46 bits per heavy atom. The van der Waals surface area contributed by atoms with Crippen LogP contribution >= 0.6 is 0 Å². The second kappa shape index (κ2) is 3.46. The number of nitrogens with zero attached hydrogens (tertiary/aromatic N) is 2. The van der Waals surface area contributed by atoms with Crippen molar-refractivity contribution in [1.29, 1.82) is 0 Å². The number of aromatic nitrogens is 1. The van der Waals surface area contributed by atoms with Gasteiger partial charge in [0.1, 0.15) is 0 Å². The molecule has 0 radical (unpaired) electrons. The molecule has 1 aromatic heterocycles. The van der Waals surface area contributed by atoms with Gasteiger partial charge in [-0.1, -0.05) is 13.0 Å². The zero-order valence-corrected chi connectivity index (χ0v) is 8.33. The van der Waals surface area contributed by atoms with Gasteiger partial charge in [0.25, 0.3) is 0 Å². The third-order valence-electron chi connectivity index (χ3n) is 2.50. The van der Waals surface area contributed by atoms with Crippen molar-refractivity contribution in [2.24, 2.45) is 5.92 Å². The predicted octanol–water partition coefficient (Wildman–Crippen LogP) is 1.84. The summed E-state index contributed by atoms with van der Waals surface area (Å²) in [6, 6.07) is 4.25. The molecule has 0 bridgehead atoms. The first-order valence-electron chi connectivity index (χ1n) is 4.88. The first kappa shape index (κ1) is 8.70. The highest BCUT2D eigenvalue weighted by Crippen LogP contribution is 2.16. The second-order valence-electron chi connectivity index (χ2n) is 4.13. The highest BCUT2D eigenvalue weighted by atomic mass is 15.2. The first-order chi connectivity index (χ1) is 6.24. The van der Waals surface area contributed by atoms with Gasteiger partial charge in [0.2, 0.25) is 0 Å². The van der Waals surface area contributed by atoms with Gasteiger partial charge in [0.15, 0.2) is 0 Å². The Bertz CT molecular complexity index is 273. The number of hydrogen-bond donors (Lipinski definition) is 0. The largest absolute Gasteiger partial charge is 0.297 e. The maximum atomic E-state index is 4.38. The third kappa shape index (κ3) is 2.07. The standard InChI is InChI=1S/C11H16N2/c1-9-3-4-11(12-5-9)8-13-6-10(2)7-13/h3-5,10H,6-8H2,1-2H3. The Kier molecular flexibility index (Phi) is 2.32. The van der Waals surface area contributed by atoms with Crippen LogP contribution in [-0.4, -0.2) is 23.0 Å². The zero-order valence-electron chi connectivity index (χ0n) is 8.33. The molecule has 0 N–H and O–H groups in total. The quantitative estimate of drug-likeness (QED) is 0.683. The van der Waals surface area contributed by atoms with Gasteiger partial charge in [0, 0.05) is 25.8 Å². The molecular weight excluding hydrogens is 160 g/mol. The average Bonchev–Trinajstić information content (AvgIpc) is 2.06. The highest BCUT2D eigenvalue weighted by Gasteiger charge is 2.22. The SMILES string of the molecule is Cc1ccc(CN2CC(C)C2)nc1. The molecule has 0 atom stereocenters. The second-order valence-corrected chi connectivity index (χ2v) is 4.13. The van der Waals surface area contributed by atoms with Gasteiger partial charge in [-0.3, -0.25) is 9.88 Å². The summed E-state index contributed by atoms with van der Waals surface area (Å²) in [5.41, 5.74) is 2.43. The molecule has 0 aromatic carbocycles. The lowest BCUT2D eigenvalue weighted by Crippen LogP contribution is -2.44. The van der Waals surface area contributed by atoms with E-state index in [1.807, 2.05) is 6.20 Å². The lowest BCUT2D eigenvalue weighted by molar-refractivity contribution is 0.103. The summed E-state index contributed by atoms with van der Waals surface area (Å²) < 4.78 is 0. The average molecular weight is 176 g/mol. The summed E-state index contributed by atoms with van der Waals surface area (Å²) in [6.07, 6.45) is 1.94. The van der Waals surface area contributed by atoms with Crippen LogP contribution in [0.1, 0.15) is 18.2 Å². The van der Waals surface area contributed by atoms with Gasteiger partial charge >= 0.3 is 0 Å². The molecule has 0 saturated carbocycles. The van der Waals surface area contributed by atoms with Crippen LogP contribution in [0, 0.1) is 12.8 Å². The summed E-state index contributed by atoms with van der Waals surface area (Å²) in [4.78, 5) is 6.82. The fourth-order valence-corrected chi connectivity index (χ4v) is 1.78. The molecular formula is C11H16N2. The van der Waals surface area contributed by atoms with Crippen molar-refractivity contribution in [3.05, 3.63) is 29.6 Å². The number of likely N-dealkylation sites (tertiary alicyclic amines) is 1. The summed E-state index contributed by atoms with van der Waals surface area (Å²) in [5.74, 6) is 0.880. The molecule has 1 aliphatic heterocycles. The molecule has 2 heterocycles. The molecule has 1 fully saturated rings. The van der Waals surface area contributed by atoms with Crippen LogP contribution in [0.25, 0.3) is 0 Å². The fraction of sp³-hybridized carbons (Fsp3) is 0.545. The van der Waals surface area contributed by atoms with Crippen LogP contribution in [0.15, 0.2) is 18.3 Å². The van der Waals surface area contributed by atoms with E-state index in [0.29, 0.717) is 0 Å². The van der Waals surface area contributed by atoms with Gasteiger partial charge in [-0.2, -0.15) is 0 Å². The Morgan fingerprint density at radius 3 is 2.77 bits per heavy atom. The van der Waals surface area contributed by atoms with Crippen LogP contribution in [0.4, 0.5) is 0 Å². The molecule has 1 aliphatic rings. The van der Waals surface area contributed by atoms with Crippen molar-refractivity contribution in [3.8, 4) is 0 Å². The predicted molar refractivity (Wildman–Crippen MR) is 53.4 cm³/mol. The third-order valence-corrected chi connectivity index (χ3v) is 2.50. The van der Waals surface area contributed by atoms with Crippen LogP contribution in [-0.2, 0) is 6.54 Å². The molecule has 13 heavy (non-hydrogen) atoms. The molecule has 2 heteroatoms. The van der Waals surface area contributed by atoms with Crippen molar-refractivity contribution < 1.29 is 0 Å². The van der Waals surface area contributed by atoms with Gasteiger partial charge in [-0.25, -0.2) is 0 Å². The van der Waals surface area contributed by atoms with Crippen LogP contribution < -0.4 is 0 Å². The molecule has 1 aromatic rings. The molecule has 2 rings (SSSR count). The van der Waals surface area contributed by atoms with Crippen molar-refractivity contribution in [3.63, 3.8) is 0 Å². The van der Waals surface area contributed by atoms with E-state index in [4.69, 9.17) is 0 Å². The Labute approximate surface area is 79.6 Å². The van der Waals surface area contributed by atoms with Crippen LogP contribution in [0.2, 0.25) is 0 Å². The van der Waals surface area contributed by atoms with Gasteiger partial charge in [0.05, 0.1) is 5.69 Å². The van der Waals surface area contributed by atoms with Gasteiger partial charge in [-0.05, 0) is 24.5 Å². The number of aryl methyl sites for hydroxylation is 1. The van der Waals surface area contributed by atoms with E-state index >= 15 is 0 Å². The van der Waals surface area contributed by atoms with E-state index in [9.17, 15) is 0 Å². The Hall–Kier alpha value is -0.890. The lowest BCUT2D eigenvalue weighted by atomic mass is 10.0. The maximum Gasteiger partial charge on any atom is 0.0544 e. The Balaban J connectivity index is 1.91. The molecule has 0 spiro atoms. The molecule has 1 saturated heterocycles. The van der Waals surface area contributed by atoms with E-state index in [1.54, 1.807) is 0 Å². The van der Waals surface area contributed by atoms with Crippen molar-refractivity contribution in [2.45, 2.75) is 20.4 Å². The van der Waals surface area contributed by atoms with Gasteiger partial charge < -0.3 is 0 Å². The number of hydrogen-bond acceptors (Lipinski definition) is 2. The molecule has 0 amide bonds. The van der Waals surface area contributed by atoms with Gasteiger partial charge in [-0.15, -0.1) is 0 Å². The molecule has 0 aliphatic carbocycles. The van der Waals surface area contributed by atoms with Crippen molar-refractivity contribution in [2.75, 3.05) is 13.1 Å². The molecule has 0 unspecified atom stereocenters. The minimum Gasteiger partial charge on any atom is -0.297 e. The highest BCUT2D eigenvalue weighted by molar-refractivity contribution is 5.12. The Morgan fingerprint density at radius 2 is 2.23 bits per heavy atom. The molecule has 70 valence electrons. The van der Waals surface area contributed by atoms with E-state index < -0.39 is 0 Å². The minimum atomic E-state index is 0.880. The van der Waals surface area contributed by atoms with Crippen LogP contribution in [0.3, 0.4) is 0 Å². The van der Waals surface area contributed by atoms with Crippen molar-refractivity contribution >= 4 is 0 Å². The summed E-state index contributed by atoms with van der Waals surface area (Å²) in [5, 5.41) is 0. The lowest BCUT2D eigenvalue weighted by Gasteiger charge is -2.36. The number of pyridine rings is 1. The first-order valence-corrected chi connectivity index (χ1v) is 4.88. The summed E-state index contributed by atoms with van der Waals surface area (Å²) in [6.45, 7) is 7.84. The fourth-order valence-electron chi connectivity index (χ4n) is 1.78. The summed E-state index contributed by atoms with van der Waals surface area (Å²) >= 11 is 0. The van der Waals surface area contributed by atoms with Crippen molar-refractivity contribution in [1.82, 2.24) is 9.88 Å². The normalized spacial score (nSPS) is 18.6. The van der Waals surface area contributed by atoms with E-state index in [1.165, 1.54) is 24.3 Å². The zero-order chi connectivity index (χ0) is 9.26. The number of rotatable bonds is 2.